The van der Waals surface area contributed by atoms with Gasteiger partial charge in [0.25, 0.3) is 0 Å². The van der Waals surface area contributed by atoms with Crippen molar-refractivity contribution < 1.29 is 53.6 Å². The average Bonchev–Trinajstić information content (AvgIpc) is 3.14. The van der Waals surface area contributed by atoms with Crippen LogP contribution in [0.1, 0.15) is 73.0 Å². The predicted molar refractivity (Wildman–Crippen MR) is 221 cm³/mol. The number of amides is 1. The van der Waals surface area contributed by atoms with E-state index in [0.29, 0.717) is 38.2 Å². The molecule has 0 saturated carbocycles. The van der Waals surface area contributed by atoms with Crippen LogP contribution in [-0.2, 0) is 33.5 Å². The van der Waals surface area contributed by atoms with Crippen LogP contribution in [0.5, 0.6) is 5.75 Å². The van der Waals surface area contributed by atoms with Crippen LogP contribution in [0.2, 0.25) is 30.1 Å². The molecule has 3 unspecified atom stereocenters. The Morgan fingerprint density at radius 2 is 0.879 bits per heavy atom. The third-order valence-corrected chi connectivity index (χ3v) is 10.6. The molecule has 4 rings (SSSR count). The van der Waals surface area contributed by atoms with E-state index in [4.69, 9.17) is 84.2 Å². The molecule has 4 N–H and O–H groups in total. The lowest BCUT2D eigenvalue weighted by atomic mass is 9.92. The first-order valence-electron chi connectivity index (χ1n) is 17.0. The number of anilines is 1. The molecule has 4 aromatic rings. The molecule has 18 heteroatoms. The maximum atomic E-state index is 12.4. The van der Waals surface area contributed by atoms with Gasteiger partial charge in [0.2, 0.25) is 5.91 Å². The van der Waals surface area contributed by atoms with Crippen LogP contribution in [0.25, 0.3) is 0 Å². The summed E-state index contributed by atoms with van der Waals surface area (Å²) < 4.78 is 10.0. The Balaban J connectivity index is 0.000000322. The minimum absolute atomic E-state index is 0.0116. The molecule has 0 saturated heterocycles. The van der Waals surface area contributed by atoms with E-state index in [1.807, 2.05) is 0 Å². The van der Waals surface area contributed by atoms with Gasteiger partial charge in [-0.1, -0.05) is 99.9 Å². The molecule has 0 aliphatic heterocycles. The zero-order valence-electron chi connectivity index (χ0n) is 30.4. The van der Waals surface area contributed by atoms with Crippen molar-refractivity contribution in [3.63, 3.8) is 0 Å². The van der Waals surface area contributed by atoms with Gasteiger partial charge < -0.3 is 30.1 Å². The summed E-state index contributed by atoms with van der Waals surface area (Å²) in [7, 11) is 1.51. The zero-order valence-corrected chi connectivity index (χ0v) is 34.9. The Bertz CT molecular complexity index is 2060. The standard InChI is InChI=1S/C22H18Cl4O7.C18H17Cl2NO4/c23-15-3-1-11(5-17(15)25)13(7-19(27)28)9-21(31)33-22(32)10-14(8-20(29)30)12-2-4-16(24)18(26)6-12;1-25-16-5-3-2-4-15(16)21-17(22)9-12(10-18(23)24)11-6-7-13(19)14(20)8-11/h1-6,13-14H,7-10H2,(H,27,28)(H,29,30);2-8,12H,9-10H2,1H3,(H,21,22)(H,23,24). The number of carboxylic acid groups (broad SMARTS) is 3. The summed E-state index contributed by atoms with van der Waals surface area (Å²) in [5, 5.41) is 31.8. The highest BCUT2D eigenvalue weighted by molar-refractivity contribution is 6.43. The molecule has 0 radical (unpaired) electrons. The summed E-state index contributed by atoms with van der Waals surface area (Å²) in [6, 6.07) is 20.7. The molecule has 0 aliphatic carbocycles. The molecule has 4 aromatic carbocycles. The molecular formula is C40H35Cl6NO11. The molecular weight excluding hydrogens is 883 g/mol. The maximum absolute atomic E-state index is 12.4. The van der Waals surface area contributed by atoms with E-state index in [2.05, 4.69) is 5.32 Å². The number of benzene rings is 4. The molecule has 308 valence electrons. The van der Waals surface area contributed by atoms with Crippen molar-refractivity contribution in [2.45, 2.75) is 56.3 Å². The number of nitrogens with one attached hydrogen (secondary N) is 1. The first-order chi connectivity index (χ1) is 27.4. The van der Waals surface area contributed by atoms with E-state index < -0.39 is 73.3 Å². The molecule has 0 bridgehead atoms. The Hall–Kier alpha value is -4.56. The largest absolute Gasteiger partial charge is 0.495 e. The SMILES string of the molecule is COc1ccccc1NC(=O)CC(CC(=O)O)c1ccc(Cl)c(Cl)c1.O=C(O)CC(CC(=O)OC(=O)CC(CC(=O)O)c1ccc(Cl)c(Cl)c1)c1ccc(Cl)c(Cl)c1. The minimum atomic E-state index is -1.16. The van der Waals surface area contributed by atoms with Gasteiger partial charge in [0.15, 0.2) is 0 Å². The fourth-order valence-corrected chi connectivity index (χ4v) is 6.56. The zero-order chi connectivity index (χ0) is 43.1. The van der Waals surface area contributed by atoms with Gasteiger partial charge in [-0.3, -0.25) is 28.8 Å². The lowest BCUT2D eigenvalue weighted by Crippen LogP contribution is -2.19. The third-order valence-electron chi connectivity index (χ3n) is 8.37. The van der Waals surface area contributed by atoms with Crippen molar-refractivity contribution >= 4 is 111 Å². The van der Waals surface area contributed by atoms with Crippen LogP contribution in [-0.4, -0.2) is 58.2 Å². The van der Waals surface area contributed by atoms with E-state index in [1.54, 1.807) is 42.5 Å². The molecule has 0 aromatic heterocycles. The summed E-state index contributed by atoms with van der Waals surface area (Å²) in [5.41, 5.74) is 2.05. The summed E-state index contributed by atoms with van der Waals surface area (Å²) in [4.78, 5) is 70.7. The highest BCUT2D eigenvalue weighted by atomic mass is 35.5. The molecule has 1 amide bonds. The highest BCUT2D eigenvalue weighted by Gasteiger charge is 2.26. The van der Waals surface area contributed by atoms with E-state index >= 15 is 0 Å². The van der Waals surface area contributed by atoms with Crippen LogP contribution < -0.4 is 10.1 Å². The van der Waals surface area contributed by atoms with Crippen LogP contribution in [0.15, 0.2) is 78.9 Å². The molecule has 58 heavy (non-hydrogen) atoms. The van der Waals surface area contributed by atoms with Gasteiger partial charge in [-0.2, -0.15) is 0 Å². The van der Waals surface area contributed by atoms with Gasteiger partial charge in [-0.15, -0.1) is 0 Å². The van der Waals surface area contributed by atoms with Gasteiger partial charge in [-0.05, 0) is 65.2 Å². The lowest BCUT2D eigenvalue weighted by Gasteiger charge is -2.17. The number of ether oxygens (including phenoxy) is 2. The second-order valence-corrected chi connectivity index (χ2v) is 15.1. The monoisotopic (exact) mass is 915 g/mol. The number of carbonyl (C=O) groups is 6. The van der Waals surface area contributed by atoms with Crippen molar-refractivity contribution in [1.82, 2.24) is 0 Å². The first-order valence-corrected chi connectivity index (χ1v) is 19.3. The van der Waals surface area contributed by atoms with Gasteiger partial charge in [-0.25, -0.2) is 0 Å². The molecule has 0 aliphatic rings. The van der Waals surface area contributed by atoms with Crippen molar-refractivity contribution in [2.75, 3.05) is 12.4 Å². The number of hydrogen-bond acceptors (Lipinski definition) is 8. The number of carboxylic acids is 3. The fourth-order valence-electron chi connectivity index (χ4n) is 5.64. The van der Waals surface area contributed by atoms with Crippen LogP contribution in [0.3, 0.4) is 0 Å². The number of aliphatic carboxylic acids is 3. The quantitative estimate of drug-likeness (QED) is 0.0582. The van der Waals surface area contributed by atoms with Crippen LogP contribution in [0.4, 0.5) is 5.69 Å². The summed E-state index contributed by atoms with van der Waals surface area (Å²) in [5.74, 6) is -7.19. The van der Waals surface area contributed by atoms with E-state index in [0.717, 1.165) is 0 Å². The number of para-hydroxylation sites is 2. The molecule has 3 atom stereocenters. The highest BCUT2D eigenvalue weighted by Crippen LogP contribution is 2.34. The van der Waals surface area contributed by atoms with E-state index in [-0.39, 0.29) is 38.8 Å². The Morgan fingerprint density at radius 3 is 1.22 bits per heavy atom. The van der Waals surface area contributed by atoms with Gasteiger partial charge in [0, 0.05) is 24.2 Å². The normalized spacial score (nSPS) is 12.2. The van der Waals surface area contributed by atoms with Crippen molar-refractivity contribution in [1.29, 1.82) is 0 Å². The number of halogens is 6. The van der Waals surface area contributed by atoms with Gasteiger partial charge >= 0.3 is 29.8 Å². The molecule has 0 fully saturated rings. The average molecular weight is 918 g/mol. The van der Waals surface area contributed by atoms with Crippen molar-refractivity contribution in [3.8, 4) is 5.75 Å². The Labute approximate surface area is 362 Å². The number of rotatable bonds is 17. The minimum Gasteiger partial charge on any atom is -0.495 e. The number of esters is 2. The predicted octanol–water partition coefficient (Wildman–Crippen LogP) is 10.6. The number of hydrogen-bond donors (Lipinski definition) is 4. The van der Waals surface area contributed by atoms with Crippen LogP contribution in [0, 0.1) is 0 Å². The smallest absolute Gasteiger partial charge is 0.314 e. The fraction of sp³-hybridized carbons (Fsp3) is 0.250. The Kier molecular flexibility index (Phi) is 19.1. The second kappa shape index (κ2) is 23.1. The third kappa shape index (κ3) is 15.7. The van der Waals surface area contributed by atoms with Crippen molar-refractivity contribution in [2.24, 2.45) is 0 Å². The molecule has 12 nitrogen and oxygen atoms in total. The number of carbonyl (C=O) groups excluding carboxylic acids is 3. The molecule has 0 spiro atoms. The van der Waals surface area contributed by atoms with Gasteiger partial charge in [0.05, 0.1) is 75.0 Å². The Morgan fingerprint density at radius 1 is 0.517 bits per heavy atom. The first kappa shape index (κ1) is 47.8. The number of methoxy groups -OCH3 is 1. The maximum Gasteiger partial charge on any atom is 0.314 e. The molecule has 0 heterocycles. The summed E-state index contributed by atoms with van der Waals surface area (Å²) in [6.45, 7) is 0. The van der Waals surface area contributed by atoms with Gasteiger partial charge in [0.1, 0.15) is 5.75 Å². The summed E-state index contributed by atoms with van der Waals surface area (Å²) in [6.07, 6.45) is -1.85. The topological polar surface area (TPSA) is 194 Å². The lowest BCUT2D eigenvalue weighted by molar-refractivity contribution is -0.160. The second-order valence-electron chi connectivity index (χ2n) is 12.6. The van der Waals surface area contributed by atoms with E-state index in [9.17, 15) is 39.0 Å². The summed E-state index contributed by atoms with van der Waals surface area (Å²) >= 11 is 35.6. The van der Waals surface area contributed by atoms with E-state index in [1.165, 1.54) is 43.5 Å². The van der Waals surface area contributed by atoms with Crippen LogP contribution >= 0.6 is 69.6 Å². The van der Waals surface area contributed by atoms with Crippen molar-refractivity contribution in [3.05, 3.63) is 126 Å².